The normalized spacial score (nSPS) is 11.0. The van der Waals surface area contributed by atoms with Crippen molar-refractivity contribution in [2.24, 2.45) is 0 Å². The van der Waals surface area contributed by atoms with Gasteiger partial charge in [0.1, 0.15) is 11.3 Å². The number of carbonyl (C=O) groups is 2. The van der Waals surface area contributed by atoms with Crippen molar-refractivity contribution in [3.8, 4) is 5.75 Å². The fourth-order valence-electron chi connectivity index (χ4n) is 2.37. The van der Waals surface area contributed by atoms with Gasteiger partial charge in [0.2, 0.25) is 5.91 Å². The molecule has 0 heterocycles. The van der Waals surface area contributed by atoms with Gasteiger partial charge in [-0.05, 0) is 25.1 Å². The molecule has 0 saturated carbocycles. The van der Waals surface area contributed by atoms with E-state index in [1.165, 1.54) is 7.05 Å². The van der Waals surface area contributed by atoms with Gasteiger partial charge in [0.05, 0.1) is 11.5 Å². The van der Waals surface area contributed by atoms with Crippen LogP contribution >= 0.6 is 0 Å². The Hall–Kier alpha value is -3.63. The van der Waals surface area contributed by atoms with Gasteiger partial charge in [0, 0.05) is 24.9 Å². The monoisotopic (exact) mass is 425 g/mol. The number of aryl methyl sites for hydroxylation is 1. The van der Waals surface area contributed by atoms with Gasteiger partial charge in [-0.1, -0.05) is 17.7 Å². The molecule has 2 aromatic rings. The van der Waals surface area contributed by atoms with Crippen molar-refractivity contribution >= 4 is 23.2 Å². The Morgan fingerprint density at radius 1 is 1.17 bits per heavy atom. The van der Waals surface area contributed by atoms with Gasteiger partial charge in [-0.25, -0.2) is 0 Å². The lowest BCUT2D eigenvalue weighted by Crippen LogP contribution is -2.37. The number of ether oxygens (including phenoxy) is 1. The number of amides is 2. The molecule has 2 rings (SSSR count). The zero-order chi connectivity index (χ0) is 22.5. The third kappa shape index (κ3) is 6.19. The largest absolute Gasteiger partial charge is 0.483 e. The van der Waals surface area contributed by atoms with Crippen LogP contribution in [0.3, 0.4) is 0 Å². The van der Waals surface area contributed by atoms with Crippen LogP contribution in [-0.4, -0.2) is 41.8 Å². The van der Waals surface area contributed by atoms with Crippen LogP contribution in [0.15, 0.2) is 42.5 Å². The minimum absolute atomic E-state index is 0.332. The highest BCUT2D eigenvalue weighted by molar-refractivity contribution is 5.94. The van der Waals surface area contributed by atoms with Gasteiger partial charge in [-0.3, -0.25) is 19.7 Å². The predicted molar refractivity (Wildman–Crippen MR) is 101 cm³/mol. The molecule has 0 aliphatic rings. The number of hydrogen-bond acceptors (Lipinski definition) is 5. The number of carbonyl (C=O) groups excluding carboxylic acids is 2. The van der Waals surface area contributed by atoms with Gasteiger partial charge < -0.3 is 15.0 Å². The standard InChI is InChI=1S/C19H18F3N3O5/c1-12-3-5-13(6-4-12)23-17(26)10-24(2)18(27)11-30-16-8-7-14(25(28)29)9-15(16)19(20,21)22/h3-9H,10-11H2,1-2H3,(H,23,26). The second-order valence-corrected chi connectivity index (χ2v) is 6.39. The number of nitrogens with one attached hydrogen (secondary N) is 1. The smallest absolute Gasteiger partial charge is 0.420 e. The molecule has 1 N–H and O–H groups in total. The molecular formula is C19H18F3N3O5. The maximum atomic E-state index is 13.1. The van der Waals surface area contributed by atoms with Gasteiger partial charge in [0.25, 0.3) is 11.6 Å². The van der Waals surface area contributed by atoms with Crippen molar-refractivity contribution in [2.45, 2.75) is 13.1 Å². The number of likely N-dealkylation sites (N-methyl/N-ethyl adjacent to an activating group) is 1. The summed E-state index contributed by atoms with van der Waals surface area (Å²) in [6.07, 6.45) is -4.91. The molecule has 0 fully saturated rings. The highest BCUT2D eigenvalue weighted by Gasteiger charge is 2.36. The summed E-state index contributed by atoms with van der Waals surface area (Å²) in [6.45, 7) is 0.755. The van der Waals surface area contributed by atoms with Crippen molar-refractivity contribution < 1.29 is 32.4 Å². The molecule has 8 nitrogen and oxygen atoms in total. The van der Waals surface area contributed by atoms with Crippen LogP contribution in [0.4, 0.5) is 24.5 Å². The number of halogens is 3. The SMILES string of the molecule is Cc1ccc(NC(=O)CN(C)C(=O)COc2ccc([N+](=O)[O-])cc2C(F)(F)F)cc1. The second-order valence-electron chi connectivity index (χ2n) is 6.39. The lowest BCUT2D eigenvalue weighted by Gasteiger charge is -2.18. The number of nitrogens with zero attached hydrogens (tertiary/aromatic N) is 2. The molecule has 0 radical (unpaired) electrons. The first-order valence-corrected chi connectivity index (χ1v) is 8.56. The molecular weight excluding hydrogens is 407 g/mol. The summed E-state index contributed by atoms with van der Waals surface area (Å²) in [5, 5.41) is 13.3. The van der Waals surface area contributed by atoms with Crippen LogP contribution < -0.4 is 10.1 Å². The van der Waals surface area contributed by atoms with E-state index in [1.54, 1.807) is 24.3 Å². The van der Waals surface area contributed by atoms with Gasteiger partial charge in [0.15, 0.2) is 6.61 Å². The Morgan fingerprint density at radius 3 is 2.37 bits per heavy atom. The first kappa shape index (κ1) is 22.7. The number of nitro groups is 1. The van der Waals surface area contributed by atoms with Gasteiger partial charge in [-0.2, -0.15) is 13.2 Å². The quantitative estimate of drug-likeness (QED) is 0.541. The van der Waals surface area contributed by atoms with Crippen LogP contribution in [0, 0.1) is 17.0 Å². The fourth-order valence-corrected chi connectivity index (χ4v) is 2.37. The molecule has 0 bridgehead atoms. The van der Waals surface area contributed by atoms with Crippen LogP contribution in [0.2, 0.25) is 0 Å². The fraction of sp³-hybridized carbons (Fsp3) is 0.263. The molecule has 0 saturated heterocycles. The lowest BCUT2D eigenvalue weighted by molar-refractivity contribution is -0.385. The summed E-state index contributed by atoms with van der Waals surface area (Å²) >= 11 is 0. The van der Waals surface area contributed by atoms with E-state index in [4.69, 9.17) is 4.74 Å². The van der Waals surface area contributed by atoms with E-state index in [0.29, 0.717) is 11.8 Å². The van der Waals surface area contributed by atoms with Crippen molar-refractivity contribution in [1.82, 2.24) is 4.90 Å². The van der Waals surface area contributed by atoms with Crippen LogP contribution in [0.5, 0.6) is 5.75 Å². The summed E-state index contributed by atoms with van der Waals surface area (Å²) in [6, 6.07) is 8.91. The van der Waals surface area contributed by atoms with E-state index >= 15 is 0 Å². The summed E-state index contributed by atoms with van der Waals surface area (Å²) in [5.41, 5.74) is -0.597. The highest BCUT2D eigenvalue weighted by Crippen LogP contribution is 2.38. The van der Waals surface area contributed by atoms with Crippen molar-refractivity contribution in [3.63, 3.8) is 0 Å². The number of alkyl halides is 3. The third-order valence-corrected chi connectivity index (χ3v) is 3.97. The molecule has 0 atom stereocenters. The Bertz CT molecular complexity index is 945. The first-order chi connectivity index (χ1) is 14.0. The van der Waals surface area contributed by atoms with E-state index < -0.39 is 46.5 Å². The first-order valence-electron chi connectivity index (χ1n) is 8.56. The summed E-state index contributed by atoms with van der Waals surface area (Å²) < 4.78 is 44.3. The minimum Gasteiger partial charge on any atom is -0.483 e. The number of rotatable bonds is 7. The van der Waals surface area contributed by atoms with Crippen molar-refractivity contribution in [1.29, 1.82) is 0 Å². The number of nitro benzene ring substituents is 1. The molecule has 30 heavy (non-hydrogen) atoms. The van der Waals surface area contributed by atoms with E-state index in [-0.39, 0.29) is 6.54 Å². The van der Waals surface area contributed by atoms with E-state index in [2.05, 4.69) is 5.32 Å². The number of non-ortho nitro benzene ring substituents is 1. The van der Waals surface area contributed by atoms with Crippen molar-refractivity contribution in [2.75, 3.05) is 25.5 Å². The molecule has 0 spiro atoms. The molecule has 160 valence electrons. The van der Waals surface area contributed by atoms with E-state index in [1.807, 2.05) is 6.92 Å². The highest BCUT2D eigenvalue weighted by atomic mass is 19.4. The lowest BCUT2D eigenvalue weighted by atomic mass is 10.1. The molecule has 0 aromatic heterocycles. The molecule has 0 aliphatic carbocycles. The van der Waals surface area contributed by atoms with Crippen LogP contribution in [0.1, 0.15) is 11.1 Å². The van der Waals surface area contributed by atoms with E-state index in [9.17, 15) is 32.9 Å². The minimum atomic E-state index is -4.91. The zero-order valence-electron chi connectivity index (χ0n) is 16.0. The van der Waals surface area contributed by atoms with Gasteiger partial charge >= 0.3 is 6.18 Å². The molecule has 2 amide bonds. The molecule has 2 aromatic carbocycles. The number of hydrogen-bond donors (Lipinski definition) is 1. The summed E-state index contributed by atoms with van der Waals surface area (Å²) in [4.78, 5) is 34.8. The zero-order valence-corrected chi connectivity index (χ0v) is 16.0. The Labute approximate surface area is 169 Å². The Balaban J connectivity index is 1.98. The topological polar surface area (TPSA) is 102 Å². The maximum absolute atomic E-state index is 13.1. The molecule has 11 heteroatoms. The summed E-state index contributed by atoms with van der Waals surface area (Å²) in [7, 11) is 1.29. The average molecular weight is 425 g/mol. The molecule has 0 aliphatic heterocycles. The second kappa shape index (κ2) is 9.25. The number of anilines is 1. The predicted octanol–water partition coefficient (Wildman–Crippen LogP) is 3.40. The third-order valence-electron chi connectivity index (χ3n) is 3.97. The van der Waals surface area contributed by atoms with Crippen LogP contribution in [0.25, 0.3) is 0 Å². The van der Waals surface area contributed by atoms with Crippen LogP contribution in [-0.2, 0) is 15.8 Å². The van der Waals surface area contributed by atoms with Crippen molar-refractivity contribution in [3.05, 3.63) is 63.7 Å². The van der Waals surface area contributed by atoms with Gasteiger partial charge in [-0.15, -0.1) is 0 Å². The Morgan fingerprint density at radius 2 is 1.80 bits per heavy atom. The maximum Gasteiger partial charge on any atom is 0.420 e. The molecule has 0 unspecified atom stereocenters. The van der Waals surface area contributed by atoms with E-state index in [0.717, 1.165) is 22.6 Å². The average Bonchev–Trinajstić information content (AvgIpc) is 2.66. The number of benzene rings is 2. The Kier molecular flexibility index (Phi) is 6.98. The summed E-state index contributed by atoms with van der Waals surface area (Å²) in [5.74, 6) is -1.97.